The number of hydrogen-bond donors (Lipinski definition) is 1. The van der Waals surface area contributed by atoms with Gasteiger partial charge in [0.25, 0.3) is 0 Å². The molecule has 1 heterocycles. The molecule has 124 valence electrons. The summed E-state index contributed by atoms with van der Waals surface area (Å²) in [5.41, 5.74) is -0.215. The molecule has 1 amide bonds. The molecule has 1 aromatic rings. The van der Waals surface area contributed by atoms with Gasteiger partial charge in [0.05, 0.1) is 5.69 Å². The monoisotopic (exact) mass is 328 g/mol. The Morgan fingerprint density at radius 3 is 2.41 bits per heavy atom. The average Bonchev–Trinajstić information content (AvgIpc) is 2.69. The van der Waals surface area contributed by atoms with Gasteiger partial charge >= 0.3 is 12.1 Å². The molecule has 7 heteroatoms. The number of aryl methyl sites for hydroxylation is 1. The summed E-state index contributed by atoms with van der Waals surface area (Å²) >= 11 is 0.999. The summed E-state index contributed by atoms with van der Waals surface area (Å²) in [6, 6.07) is -0.118. The molecule has 0 aliphatic carbocycles. The number of ether oxygens (including phenoxy) is 1. The minimum absolute atomic E-state index is 0.118. The number of aromatic nitrogens is 1. The van der Waals surface area contributed by atoms with Crippen LogP contribution in [0.25, 0.3) is 0 Å². The first kappa shape index (κ1) is 18.4. The number of anilines is 1. The molecule has 22 heavy (non-hydrogen) atoms. The van der Waals surface area contributed by atoms with E-state index in [1.54, 1.807) is 27.7 Å². The van der Waals surface area contributed by atoms with E-state index >= 15 is 0 Å². The zero-order chi connectivity index (χ0) is 17.1. The Labute approximate surface area is 135 Å². The highest BCUT2D eigenvalue weighted by Crippen LogP contribution is 2.30. The van der Waals surface area contributed by atoms with Crippen molar-refractivity contribution >= 4 is 28.5 Å². The van der Waals surface area contributed by atoms with Crippen LogP contribution in [0.3, 0.4) is 0 Å². The summed E-state index contributed by atoms with van der Waals surface area (Å²) in [5, 5.41) is 9.53. The molecular weight excluding hydrogens is 304 g/mol. The smallest absolute Gasteiger partial charge is 0.416 e. The van der Waals surface area contributed by atoms with E-state index in [1.807, 2.05) is 13.8 Å². The number of thiazole rings is 1. The average molecular weight is 328 g/mol. The maximum absolute atomic E-state index is 12.5. The Hall–Kier alpha value is -1.63. The maximum atomic E-state index is 12.5. The molecule has 1 unspecified atom stereocenters. The van der Waals surface area contributed by atoms with Crippen molar-refractivity contribution in [1.82, 2.24) is 4.98 Å². The van der Waals surface area contributed by atoms with Crippen molar-refractivity contribution in [3.8, 4) is 0 Å². The number of hydrogen-bond acceptors (Lipinski definition) is 5. The molecule has 0 fully saturated rings. The zero-order valence-corrected chi connectivity index (χ0v) is 14.8. The number of carbonyl (C=O) groups excluding carboxylic acids is 1. The number of aromatic carboxylic acids is 1. The molecule has 1 aromatic heterocycles. The van der Waals surface area contributed by atoms with Gasteiger partial charge in [-0.2, -0.15) is 0 Å². The van der Waals surface area contributed by atoms with E-state index < -0.39 is 17.7 Å². The van der Waals surface area contributed by atoms with Crippen molar-refractivity contribution in [3.63, 3.8) is 0 Å². The van der Waals surface area contributed by atoms with Gasteiger partial charge in [0.1, 0.15) is 10.5 Å². The SMILES string of the molecule is CCCC(C)N(C(=O)OC(C)(C)C)c1nc(C)c(C(=O)O)s1. The fraction of sp³-hybridized carbons (Fsp3) is 0.667. The number of carboxylic acid groups (broad SMARTS) is 1. The van der Waals surface area contributed by atoms with Crippen LogP contribution in [0.1, 0.15) is 62.8 Å². The normalized spacial score (nSPS) is 12.8. The van der Waals surface area contributed by atoms with E-state index in [0.29, 0.717) is 10.8 Å². The first-order valence-electron chi connectivity index (χ1n) is 7.29. The molecular formula is C15H24N2O4S. The predicted molar refractivity (Wildman–Crippen MR) is 86.9 cm³/mol. The molecule has 0 radical (unpaired) electrons. The summed E-state index contributed by atoms with van der Waals surface area (Å²) < 4.78 is 5.44. The highest BCUT2D eigenvalue weighted by Gasteiger charge is 2.30. The zero-order valence-electron chi connectivity index (χ0n) is 14.0. The number of amides is 1. The minimum Gasteiger partial charge on any atom is -0.477 e. The van der Waals surface area contributed by atoms with E-state index in [0.717, 1.165) is 24.2 Å². The highest BCUT2D eigenvalue weighted by molar-refractivity contribution is 7.17. The molecule has 1 rings (SSSR count). The quantitative estimate of drug-likeness (QED) is 0.881. The molecule has 1 N–H and O–H groups in total. The summed E-state index contributed by atoms with van der Waals surface area (Å²) in [6.45, 7) is 10.9. The van der Waals surface area contributed by atoms with Gasteiger partial charge in [-0.3, -0.25) is 4.90 Å². The Morgan fingerprint density at radius 2 is 2.00 bits per heavy atom. The highest BCUT2D eigenvalue weighted by atomic mass is 32.1. The van der Waals surface area contributed by atoms with Crippen LogP contribution in [0.4, 0.5) is 9.93 Å². The number of nitrogens with zero attached hydrogens (tertiary/aromatic N) is 2. The summed E-state index contributed by atoms with van der Waals surface area (Å²) in [5.74, 6) is -1.03. The van der Waals surface area contributed by atoms with Gasteiger partial charge in [0, 0.05) is 6.04 Å². The van der Waals surface area contributed by atoms with Gasteiger partial charge in [-0.25, -0.2) is 14.6 Å². The van der Waals surface area contributed by atoms with Crippen LogP contribution in [0.15, 0.2) is 0 Å². The maximum Gasteiger partial charge on any atom is 0.416 e. The van der Waals surface area contributed by atoms with Crippen molar-refractivity contribution in [2.45, 2.75) is 66.0 Å². The third-order valence-electron chi connectivity index (χ3n) is 2.92. The summed E-state index contributed by atoms with van der Waals surface area (Å²) in [6.07, 6.45) is 1.18. The van der Waals surface area contributed by atoms with E-state index in [1.165, 1.54) is 4.90 Å². The van der Waals surface area contributed by atoms with Gasteiger partial charge in [-0.1, -0.05) is 24.7 Å². The fourth-order valence-electron chi connectivity index (χ4n) is 1.99. The Balaban J connectivity index is 3.18. The van der Waals surface area contributed by atoms with Crippen LogP contribution in [-0.4, -0.2) is 33.8 Å². The van der Waals surface area contributed by atoms with E-state index in [4.69, 9.17) is 9.84 Å². The van der Waals surface area contributed by atoms with Crippen LogP contribution in [0, 0.1) is 6.92 Å². The van der Waals surface area contributed by atoms with E-state index in [9.17, 15) is 9.59 Å². The Kier molecular flexibility index (Phi) is 5.93. The molecule has 0 spiro atoms. The second-order valence-electron chi connectivity index (χ2n) is 6.20. The van der Waals surface area contributed by atoms with Crippen molar-refractivity contribution in [2.75, 3.05) is 4.90 Å². The van der Waals surface area contributed by atoms with Crippen LogP contribution in [0.5, 0.6) is 0 Å². The van der Waals surface area contributed by atoms with Crippen molar-refractivity contribution in [3.05, 3.63) is 10.6 Å². The third kappa shape index (κ3) is 4.69. The topological polar surface area (TPSA) is 79.7 Å². The van der Waals surface area contributed by atoms with Crippen LogP contribution < -0.4 is 4.90 Å². The van der Waals surface area contributed by atoms with Gasteiger partial charge in [0.15, 0.2) is 5.13 Å². The van der Waals surface area contributed by atoms with Gasteiger partial charge < -0.3 is 9.84 Å². The second-order valence-corrected chi connectivity index (χ2v) is 7.18. The molecule has 6 nitrogen and oxygen atoms in total. The van der Waals surface area contributed by atoms with Crippen molar-refractivity contribution in [1.29, 1.82) is 0 Å². The second kappa shape index (κ2) is 7.09. The Bertz CT molecular complexity index is 548. The lowest BCUT2D eigenvalue weighted by Crippen LogP contribution is -2.42. The molecule has 0 saturated heterocycles. The van der Waals surface area contributed by atoms with Gasteiger partial charge in [0.2, 0.25) is 0 Å². The van der Waals surface area contributed by atoms with E-state index in [-0.39, 0.29) is 10.9 Å². The fourth-order valence-corrected chi connectivity index (χ4v) is 2.99. The first-order valence-corrected chi connectivity index (χ1v) is 8.11. The van der Waals surface area contributed by atoms with Gasteiger partial charge in [-0.15, -0.1) is 0 Å². The van der Waals surface area contributed by atoms with E-state index in [2.05, 4.69) is 4.98 Å². The molecule has 0 saturated carbocycles. The molecule has 0 aliphatic heterocycles. The lowest BCUT2D eigenvalue weighted by Gasteiger charge is -2.29. The van der Waals surface area contributed by atoms with Crippen LogP contribution >= 0.6 is 11.3 Å². The molecule has 0 bridgehead atoms. The van der Waals surface area contributed by atoms with Crippen LogP contribution in [-0.2, 0) is 4.74 Å². The standard InChI is InChI=1S/C15H24N2O4S/c1-7-8-9(2)17(14(20)21-15(4,5)6)13-16-10(3)11(22-13)12(18)19/h9H,7-8H2,1-6H3,(H,18,19). The van der Waals surface area contributed by atoms with Crippen LogP contribution in [0.2, 0.25) is 0 Å². The van der Waals surface area contributed by atoms with Crippen molar-refractivity contribution < 1.29 is 19.4 Å². The lowest BCUT2D eigenvalue weighted by atomic mass is 10.2. The molecule has 0 aromatic carbocycles. The first-order chi connectivity index (χ1) is 10.1. The number of carboxylic acids is 1. The number of rotatable bonds is 5. The summed E-state index contributed by atoms with van der Waals surface area (Å²) in [7, 11) is 0. The van der Waals surface area contributed by atoms with Gasteiger partial charge in [-0.05, 0) is 41.0 Å². The summed E-state index contributed by atoms with van der Waals surface area (Å²) in [4.78, 5) is 29.5. The largest absolute Gasteiger partial charge is 0.477 e. The lowest BCUT2D eigenvalue weighted by molar-refractivity contribution is 0.0565. The van der Waals surface area contributed by atoms with Crippen molar-refractivity contribution in [2.24, 2.45) is 0 Å². The third-order valence-corrected chi connectivity index (χ3v) is 4.07. The number of carbonyl (C=O) groups is 2. The molecule has 0 aliphatic rings. The molecule has 1 atom stereocenters. The predicted octanol–water partition coefficient (Wildman–Crippen LogP) is 4.08. The minimum atomic E-state index is -1.03. The Morgan fingerprint density at radius 1 is 1.41 bits per heavy atom.